The van der Waals surface area contributed by atoms with Gasteiger partial charge in [0, 0.05) is 38.7 Å². The summed E-state index contributed by atoms with van der Waals surface area (Å²) in [5.74, 6) is 0.654. The molecule has 0 aliphatic rings. The van der Waals surface area contributed by atoms with Crippen LogP contribution in [0, 0.1) is 0 Å². The number of benzene rings is 10. The molecule has 0 amide bonds. The van der Waals surface area contributed by atoms with E-state index in [0.29, 0.717) is 5.82 Å². The lowest BCUT2D eigenvalue weighted by molar-refractivity contribution is 1.16. The molecule has 12 rings (SSSR count). The van der Waals surface area contributed by atoms with Crippen molar-refractivity contribution in [1.82, 2.24) is 14.5 Å². The molecule has 0 fully saturated rings. The van der Waals surface area contributed by atoms with Gasteiger partial charge >= 0.3 is 0 Å². The number of hydrogen-bond donors (Lipinski definition) is 0. The highest BCUT2D eigenvalue weighted by molar-refractivity contribution is 6.11. The van der Waals surface area contributed by atoms with Crippen LogP contribution >= 0.6 is 0 Å². The van der Waals surface area contributed by atoms with Crippen LogP contribution in [0.5, 0.6) is 0 Å². The van der Waals surface area contributed by atoms with Crippen LogP contribution in [0.2, 0.25) is 0 Å². The number of hydrogen-bond acceptors (Lipinski definition) is 2. The molecule has 10 aromatic carbocycles. The topological polar surface area (TPSA) is 30.7 Å². The first-order chi connectivity index (χ1) is 33.2. The average molecular weight is 854 g/mol. The van der Waals surface area contributed by atoms with Crippen LogP contribution in [-0.2, 0) is 0 Å². The lowest BCUT2D eigenvalue weighted by Gasteiger charge is -2.18. The van der Waals surface area contributed by atoms with E-state index in [-0.39, 0.29) is 0 Å². The van der Waals surface area contributed by atoms with Gasteiger partial charge in [0.1, 0.15) is 0 Å². The van der Waals surface area contributed by atoms with E-state index in [9.17, 15) is 0 Å². The number of rotatable bonds is 9. The summed E-state index contributed by atoms with van der Waals surface area (Å²) in [4.78, 5) is 11.2. The van der Waals surface area contributed by atoms with Crippen molar-refractivity contribution >= 4 is 21.8 Å². The minimum atomic E-state index is 0.654. The van der Waals surface area contributed by atoms with Gasteiger partial charge in [0.2, 0.25) is 0 Å². The molecule has 2 heterocycles. The van der Waals surface area contributed by atoms with Crippen molar-refractivity contribution in [2.75, 3.05) is 0 Å². The molecule has 0 saturated carbocycles. The highest BCUT2D eigenvalue weighted by atomic mass is 15.0. The standard InChI is InChI=1S/C64H43N3/c1-6-17-44(18-7-1)48-29-33-51(34-30-48)62-61(50-25-14-5-15-26-50)63(52-35-31-49(32-36-52)45-19-8-2-9-20-45)66-64(65-62)55-27-16-28-56(41-55)67-59-42-53(46-21-10-3-11-22-46)37-39-57(59)58-40-38-54(43-60(58)67)47-23-12-4-13-24-47/h1-43H. The maximum Gasteiger partial charge on any atom is 0.160 e. The third kappa shape index (κ3) is 7.59. The second-order valence-electron chi connectivity index (χ2n) is 17.0. The molecule has 0 atom stereocenters. The fraction of sp³-hybridized carbons (Fsp3) is 0. The van der Waals surface area contributed by atoms with E-state index in [2.05, 4.69) is 265 Å². The third-order valence-corrected chi connectivity index (χ3v) is 12.8. The molecule has 0 unspecified atom stereocenters. The Bertz CT molecular complexity index is 3480. The van der Waals surface area contributed by atoms with Crippen LogP contribution < -0.4 is 0 Å². The smallest absolute Gasteiger partial charge is 0.160 e. The van der Waals surface area contributed by atoms with Crippen molar-refractivity contribution in [2.45, 2.75) is 0 Å². The predicted molar refractivity (Wildman–Crippen MR) is 280 cm³/mol. The maximum atomic E-state index is 5.58. The predicted octanol–water partition coefficient (Wildman–Crippen LogP) is 16.9. The summed E-state index contributed by atoms with van der Waals surface area (Å²) in [5.41, 5.74) is 19.4. The molecular weight excluding hydrogens is 811 g/mol. The molecule has 0 aliphatic carbocycles. The zero-order valence-electron chi connectivity index (χ0n) is 36.7. The molecule has 3 heteroatoms. The van der Waals surface area contributed by atoms with Crippen LogP contribution in [0.25, 0.3) is 117 Å². The van der Waals surface area contributed by atoms with E-state index in [0.717, 1.165) is 67.1 Å². The summed E-state index contributed by atoms with van der Waals surface area (Å²) >= 11 is 0. The Balaban J connectivity index is 1.08. The molecular formula is C64H43N3. The molecule has 0 saturated heterocycles. The Morgan fingerprint density at radius 2 is 0.567 bits per heavy atom. The van der Waals surface area contributed by atoms with Crippen molar-refractivity contribution in [2.24, 2.45) is 0 Å². The molecule has 67 heavy (non-hydrogen) atoms. The summed E-state index contributed by atoms with van der Waals surface area (Å²) < 4.78 is 2.41. The van der Waals surface area contributed by atoms with Gasteiger partial charge in [-0.05, 0) is 74.3 Å². The fourth-order valence-electron chi connectivity index (χ4n) is 9.49. The number of nitrogens with zero attached hydrogens (tertiary/aromatic N) is 3. The van der Waals surface area contributed by atoms with Crippen LogP contribution in [0.1, 0.15) is 0 Å². The van der Waals surface area contributed by atoms with E-state index in [4.69, 9.17) is 9.97 Å². The van der Waals surface area contributed by atoms with Gasteiger partial charge < -0.3 is 4.57 Å². The highest BCUT2D eigenvalue weighted by Gasteiger charge is 2.22. The Kier molecular flexibility index (Phi) is 10.2. The second kappa shape index (κ2) is 17.2. The molecule has 0 bridgehead atoms. The zero-order chi connectivity index (χ0) is 44.5. The molecule has 0 spiro atoms. The van der Waals surface area contributed by atoms with Gasteiger partial charge in [-0.3, -0.25) is 0 Å². The summed E-state index contributed by atoms with van der Waals surface area (Å²) in [6, 6.07) is 93.0. The van der Waals surface area contributed by atoms with E-state index in [1.807, 2.05) is 0 Å². The Morgan fingerprint density at radius 3 is 0.985 bits per heavy atom. The quantitative estimate of drug-likeness (QED) is 0.145. The monoisotopic (exact) mass is 853 g/mol. The SMILES string of the molecule is c1ccc(-c2ccc(-c3nc(-c4cccc(-n5c6cc(-c7ccccc7)ccc6c6ccc(-c7ccccc7)cc65)c4)nc(-c4ccc(-c5ccccc5)cc4)c3-c3ccccc3)cc2)cc1. The number of aromatic nitrogens is 3. The lowest BCUT2D eigenvalue weighted by Crippen LogP contribution is -2.02. The van der Waals surface area contributed by atoms with Crippen molar-refractivity contribution in [3.05, 3.63) is 261 Å². The Morgan fingerprint density at radius 1 is 0.239 bits per heavy atom. The normalized spacial score (nSPS) is 11.3. The van der Waals surface area contributed by atoms with Gasteiger partial charge in [-0.25, -0.2) is 9.97 Å². The third-order valence-electron chi connectivity index (χ3n) is 12.8. The van der Waals surface area contributed by atoms with E-state index in [1.54, 1.807) is 0 Å². The lowest BCUT2D eigenvalue weighted by atomic mass is 9.92. The molecule has 314 valence electrons. The van der Waals surface area contributed by atoms with Crippen LogP contribution in [0.3, 0.4) is 0 Å². The Labute approximate surface area is 390 Å². The fourth-order valence-corrected chi connectivity index (χ4v) is 9.49. The minimum Gasteiger partial charge on any atom is -0.309 e. The zero-order valence-corrected chi connectivity index (χ0v) is 36.7. The van der Waals surface area contributed by atoms with Gasteiger partial charge in [-0.2, -0.15) is 0 Å². The first-order valence-corrected chi connectivity index (χ1v) is 22.8. The van der Waals surface area contributed by atoms with Crippen molar-refractivity contribution < 1.29 is 0 Å². The maximum absolute atomic E-state index is 5.58. The molecule has 12 aromatic rings. The summed E-state index contributed by atoms with van der Waals surface area (Å²) in [7, 11) is 0. The second-order valence-corrected chi connectivity index (χ2v) is 17.0. The first-order valence-electron chi connectivity index (χ1n) is 22.8. The van der Waals surface area contributed by atoms with E-state index in [1.165, 1.54) is 44.2 Å². The first kappa shape index (κ1) is 39.7. The van der Waals surface area contributed by atoms with Crippen LogP contribution in [-0.4, -0.2) is 14.5 Å². The molecule has 0 N–H and O–H groups in total. The van der Waals surface area contributed by atoms with Gasteiger partial charge in [0.25, 0.3) is 0 Å². The summed E-state index contributed by atoms with van der Waals surface area (Å²) in [5, 5.41) is 2.40. The van der Waals surface area contributed by atoms with Gasteiger partial charge in [-0.15, -0.1) is 0 Å². The Hall–Kier alpha value is -8.92. The van der Waals surface area contributed by atoms with Gasteiger partial charge in [0.15, 0.2) is 5.82 Å². The molecule has 3 nitrogen and oxygen atoms in total. The average Bonchev–Trinajstić information content (AvgIpc) is 3.75. The van der Waals surface area contributed by atoms with E-state index < -0.39 is 0 Å². The van der Waals surface area contributed by atoms with Gasteiger partial charge in [-0.1, -0.05) is 237 Å². The molecule has 2 aromatic heterocycles. The van der Waals surface area contributed by atoms with Crippen molar-refractivity contribution in [3.63, 3.8) is 0 Å². The molecule has 0 radical (unpaired) electrons. The van der Waals surface area contributed by atoms with E-state index >= 15 is 0 Å². The highest BCUT2D eigenvalue weighted by Crippen LogP contribution is 2.42. The largest absolute Gasteiger partial charge is 0.309 e. The van der Waals surface area contributed by atoms with Gasteiger partial charge in [0.05, 0.1) is 22.4 Å². The van der Waals surface area contributed by atoms with Crippen LogP contribution in [0.4, 0.5) is 0 Å². The summed E-state index contributed by atoms with van der Waals surface area (Å²) in [6.45, 7) is 0. The van der Waals surface area contributed by atoms with Crippen LogP contribution in [0.15, 0.2) is 261 Å². The van der Waals surface area contributed by atoms with Crippen molar-refractivity contribution in [3.8, 4) is 95.2 Å². The van der Waals surface area contributed by atoms with Crippen molar-refractivity contribution in [1.29, 1.82) is 0 Å². The number of fused-ring (bicyclic) bond motifs is 3. The summed E-state index contributed by atoms with van der Waals surface area (Å²) in [6.07, 6.45) is 0. The molecule has 0 aliphatic heterocycles. The minimum absolute atomic E-state index is 0.654.